The molecule has 12 rings (SSSR count). The van der Waals surface area contributed by atoms with Crippen LogP contribution in [0.2, 0.25) is 0 Å². The zero-order valence-electron chi connectivity index (χ0n) is 67.1. The maximum absolute atomic E-state index is 8.75. The van der Waals surface area contributed by atoms with Crippen LogP contribution in [0.25, 0.3) is 22.4 Å². The number of anilines is 3. The lowest BCUT2D eigenvalue weighted by Gasteiger charge is -2.18. The first-order chi connectivity index (χ1) is 55.3. The fraction of sp³-hybridized carbons (Fsp3) is 0.407. The van der Waals surface area contributed by atoms with Crippen LogP contribution in [0.3, 0.4) is 0 Å². The van der Waals surface area contributed by atoms with Gasteiger partial charge in [-0.25, -0.2) is 29.9 Å². The molecular formula is C86H126N16O11. The number of rotatable bonds is 34. The Morgan fingerprint density at radius 3 is 1.47 bits per heavy atom. The molecule has 27 nitrogen and oxygen atoms in total. The first-order valence-electron chi connectivity index (χ1n) is 38.5. The van der Waals surface area contributed by atoms with Crippen molar-refractivity contribution in [2.24, 2.45) is 7.05 Å². The van der Waals surface area contributed by atoms with E-state index >= 15 is 0 Å². The van der Waals surface area contributed by atoms with E-state index in [-0.39, 0.29) is 59.5 Å². The van der Waals surface area contributed by atoms with E-state index in [2.05, 4.69) is 80.4 Å². The molecule has 7 aromatic heterocycles. The van der Waals surface area contributed by atoms with E-state index in [4.69, 9.17) is 55.8 Å². The number of nitrogens with zero attached hydrogens (tertiary/aromatic N) is 16. The molecule has 616 valence electrons. The number of unbranched alkanes of at least 4 members (excludes halogenated alkanes) is 3. The van der Waals surface area contributed by atoms with E-state index in [1.807, 2.05) is 234 Å². The topological polar surface area (TPSA) is 341 Å². The zero-order chi connectivity index (χ0) is 82.0. The summed E-state index contributed by atoms with van der Waals surface area (Å²) in [6.45, 7) is 10.3. The normalized spacial score (nSPS) is 10.1. The summed E-state index contributed by atoms with van der Waals surface area (Å²) in [5.74, 6) is 2.94. The lowest BCUT2D eigenvalue weighted by atomic mass is 10.1. The summed E-state index contributed by atoms with van der Waals surface area (Å²) in [6, 6.07) is 52.0. The minimum absolute atomic E-state index is 0.0650. The Morgan fingerprint density at radius 2 is 0.920 bits per heavy atom. The Hall–Kier alpha value is -10.3. The monoisotopic (exact) mass is 1560 g/mol. The molecule has 0 unspecified atom stereocenters. The minimum Gasteiger partial charge on any atom is -0.396 e. The van der Waals surface area contributed by atoms with Crippen molar-refractivity contribution in [3.63, 3.8) is 0 Å². The second-order valence-corrected chi connectivity index (χ2v) is 25.3. The average molecular weight is 1560 g/mol. The van der Waals surface area contributed by atoms with E-state index in [0.29, 0.717) is 58.8 Å². The van der Waals surface area contributed by atoms with Gasteiger partial charge in [-0.05, 0) is 98.3 Å². The lowest BCUT2D eigenvalue weighted by molar-refractivity contribution is 0.0872. The Kier molecular flexibility index (Phi) is 55.1. The Bertz CT molecular complexity index is 4020. The van der Waals surface area contributed by atoms with Gasteiger partial charge in [-0.2, -0.15) is 0 Å². The smallest absolute Gasteiger partial charge is 0.139 e. The number of benzene rings is 5. The highest BCUT2D eigenvalue weighted by molar-refractivity contribution is 5.74. The van der Waals surface area contributed by atoms with E-state index in [1.165, 1.54) is 29.8 Å². The van der Waals surface area contributed by atoms with Gasteiger partial charge in [0.15, 0.2) is 0 Å². The van der Waals surface area contributed by atoms with Gasteiger partial charge in [0, 0.05) is 223 Å². The fourth-order valence-electron chi connectivity index (χ4n) is 10.3. The summed E-state index contributed by atoms with van der Waals surface area (Å²) in [6.07, 6.45) is 34.7. The molecule has 5 aromatic carbocycles. The number of ether oxygens (including phenoxy) is 1. The molecule has 0 bridgehead atoms. The molecule has 0 atom stereocenters. The predicted molar refractivity (Wildman–Crippen MR) is 452 cm³/mol. The van der Waals surface area contributed by atoms with Crippen LogP contribution in [0, 0.1) is 0 Å². The third-order valence-corrected chi connectivity index (χ3v) is 16.4. The van der Waals surface area contributed by atoms with Crippen molar-refractivity contribution in [1.82, 2.24) is 62.3 Å². The molecule has 0 saturated carbocycles. The van der Waals surface area contributed by atoms with Crippen molar-refractivity contribution in [2.45, 2.75) is 104 Å². The number of aliphatic hydroxyl groups is 10. The van der Waals surface area contributed by atoms with Crippen molar-refractivity contribution in [1.29, 1.82) is 0 Å². The highest BCUT2D eigenvalue weighted by Crippen LogP contribution is 2.18. The number of aryl methyl sites for hydroxylation is 3. The largest absolute Gasteiger partial charge is 0.396 e. The Labute approximate surface area is 668 Å². The molecule has 0 aliphatic carbocycles. The highest BCUT2D eigenvalue weighted by atomic mass is 16.5. The molecular weight excluding hydrogens is 1430 g/mol. The summed E-state index contributed by atoms with van der Waals surface area (Å²) in [5.41, 5.74) is 8.81. The van der Waals surface area contributed by atoms with E-state index < -0.39 is 0 Å². The van der Waals surface area contributed by atoms with Crippen molar-refractivity contribution in [3.05, 3.63) is 268 Å². The van der Waals surface area contributed by atoms with Gasteiger partial charge in [0.2, 0.25) is 0 Å². The van der Waals surface area contributed by atoms with Crippen molar-refractivity contribution < 1.29 is 55.8 Å². The number of hydrogen-bond donors (Lipinski definition) is 10. The summed E-state index contributed by atoms with van der Waals surface area (Å²) in [7, 11) is 9.94. The highest BCUT2D eigenvalue weighted by Gasteiger charge is 2.06. The third kappa shape index (κ3) is 43.4. The van der Waals surface area contributed by atoms with Gasteiger partial charge >= 0.3 is 0 Å². The quantitative estimate of drug-likeness (QED) is 0.0168. The zero-order valence-corrected chi connectivity index (χ0v) is 67.1. The maximum atomic E-state index is 8.75. The van der Waals surface area contributed by atoms with Gasteiger partial charge in [0.25, 0.3) is 0 Å². The first-order valence-corrected chi connectivity index (χ1v) is 38.5. The van der Waals surface area contributed by atoms with Crippen LogP contribution in [0.1, 0.15) is 68.4 Å². The van der Waals surface area contributed by atoms with Gasteiger partial charge in [-0.15, -0.1) is 0 Å². The number of imidazole rings is 6. The van der Waals surface area contributed by atoms with Crippen molar-refractivity contribution in [2.75, 3.05) is 135 Å². The molecule has 12 aromatic rings. The third-order valence-electron chi connectivity index (χ3n) is 16.4. The molecule has 0 saturated heterocycles. The second kappa shape index (κ2) is 64.3. The van der Waals surface area contributed by atoms with Crippen LogP contribution in [0.4, 0.5) is 17.1 Å². The molecule has 0 spiro atoms. The van der Waals surface area contributed by atoms with Gasteiger partial charge in [0.05, 0.1) is 82.9 Å². The number of pyridine rings is 1. The van der Waals surface area contributed by atoms with Crippen LogP contribution >= 0.6 is 0 Å². The summed E-state index contributed by atoms with van der Waals surface area (Å²) in [4.78, 5) is 34.7. The second-order valence-electron chi connectivity index (χ2n) is 25.3. The van der Waals surface area contributed by atoms with E-state index in [0.717, 1.165) is 104 Å². The molecule has 0 aliphatic rings. The molecule has 113 heavy (non-hydrogen) atoms. The van der Waals surface area contributed by atoms with Crippen LogP contribution in [0.5, 0.6) is 0 Å². The van der Waals surface area contributed by atoms with Gasteiger partial charge in [-0.1, -0.05) is 117 Å². The van der Waals surface area contributed by atoms with Gasteiger partial charge in [0.1, 0.15) is 17.5 Å². The number of fused-ring (bicyclic) bond motifs is 1. The number of aromatic nitrogens is 13. The first kappa shape index (κ1) is 96.9. The molecule has 0 fully saturated rings. The molecule has 0 radical (unpaired) electrons. The van der Waals surface area contributed by atoms with Crippen molar-refractivity contribution in [3.8, 4) is 11.4 Å². The lowest BCUT2D eigenvalue weighted by Crippen LogP contribution is -2.20. The fourth-order valence-corrected chi connectivity index (χ4v) is 10.3. The molecule has 7 heterocycles. The van der Waals surface area contributed by atoms with E-state index in [1.54, 1.807) is 49.8 Å². The SMILES string of the molecule is CCCc1nccn1CCO.CN(C)c1ccc(CCO)cc1.CN(CCCO)c1ccccc1.CN(CCO)c1ccccc1.Cn1ccnc1CCO.OCCCCCCn1ccnc1.OCCOCCn1ccnc1-c1ccccc1.OCCc1ccccn1.OCCn1ccnc1.OCCn1cnc2ccccc21. The number of aliphatic hydroxyl groups excluding tert-OH is 10. The molecule has 10 N–H and O–H groups in total. The van der Waals surface area contributed by atoms with Crippen LogP contribution in [-0.4, -0.2) is 234 Å². The summed E-state index contributed by atoms with van der Waals surface area (Å²) >= 11 is 0. The van der Waals surface area contributed by atoms with Gasteiger partial charge < -0.3 is 97.9 Å². The van der Waals surface area contributed by atoms with Crippen LogP contribution in [0.15, 0.2) is 245 Å². The maximum Gasteiger partial charge on any atom is 0.139 e. The average Bonchev–Trinajstić information content (AvgIpc) is 1.74. The summed E-state index contributed by atoms with van der Waals surface area (Å²) in [5, 5.41) is 85.9. The number of para-hydroxylation sites is 4. The summed E-state index contributed by atoms with van der Waals surface area (Å²) < 4.78 is 17.0. The Morgan fingerprint density at radius 1 is 0.363 bits per heavy atom. The number of likely N-dealkylation sites (N-methyl/N-ethyl adjacent to an activating group) is 1. The van der Waals surface area contributed by atoms with Crippen LogP contribution < -0.4 is 14.7 Å². The number of hydrogen-bond acceptors (Lipinski definition) is 21. The van der Waals surface area contributed by atoms with E-state index in [9.17, 15) is 0 Å². The molecule has 0 amide bonds. The predicted octanol–water partition coefficient (Wildman–Crippen LogP) is 9.21. The molecule has 27 heteroatoms. The van der Waals surface area contributed by atoms with Gasteiger partial charge in [-0.3, -0.25) is 4.98 Å². The van der Waals surface area contributed by atoms with Crippen molar-refractivity contribution >= 4 is 28.1 Å². The van der Waals surface area contributed by atoms with Crippen LogP contribution in [-0.2, 0) is 70.2 Å². The standard InChI is InChI=1S/C13H16N2O2.2C10H15NO.C9H10N2O.C9H16N2O.C9H13NO.C8H14N2O.C7H9NO.C6H10N2O.C5H8N2O/c16-9-11-17-10-8-15-7-6-14-13(15)12-4-2-1-3-5-12;1-11(2)10-5-3-9(4-6-10)7-8-12;1-11(8-5-9-12)10-6-3-2-4-7-10;12-6-5-11-7-10-8-3-1-2-4-9(8)11;12-8-4-2-1-3-6-11-7-5-10-9-11;1-10(7-8-11)9-5-3-2-4-6-9;1-2-3-8-9-4-5-10(8)6-7-11;9-6-4-7-3-1-2-5-8-7;1-8-4-3-7-6(8)2-5-9;8-4-3-7-2-1-6-5-7/h1-7,16H,8-11H2;3-6,12H,7-8H2,1-2H3;2-4,6-7,12H,5,8-9H2,1H3;1-4,7,12H,5-6H2;5,7,9,12H,1-4,6,8H2;2-6,11H,7-8H2,1H3;4-5,11H,2-3,6-7H2,1H3;1-3,5,9H,4,6H2;3-4,9H,2,5H2,1H3;1-2,5,8H,3-4H2. The minimum atomic E-state index is 0.0650. The molecule has 0 aliphatic heterocycles. The Balaban J connectivity index is 0.000000327.